The van der Waals surface area contributed by atoms with Crippen molar-refractivity contribution in [1.82, 2.24) is 0 Å². The standard InChI is InChI=1S/C17H29FO2Si/c1-4-19-21(3,20-5-2)14-9-7-6-8-11-16-12-10-13-17(18)15-16/h10,12-13,15H,4-9,11,14H2,1-3H3. The van der Waals surface area contributed by atoms with Crippen molar-refractivity contribution >= 4 is 8.56 Å². The van der Waals surface area contributed by atoms with Gasteiger partial charge in [-0.15, -0.1) is 0 Å². The molecule has 0 bridgehead atoms. The molecular formula is C17H29FO2Si. The molecule has 120 valence electrons. The van der Waals surface area contributed by atoms with E-state index in [1.165, 1.54) is 18.9 Å². The third-order valence-electron chi connectivity index (χ3n) is 3.63. The predicted octanol–water partition coefficient (Wildman–Crippen LogP) is 5.07. The summed E-state index contributed by atoms with van der Waals surface area (Å²) in [6, 6.07) is 7.97. The number of aryl methyl sites for hydroxylation is 1. The fraction of sp³-hybridized carbons (Fsp3) is 0.647. The van der Waals surface area contributed by atoms with Gasteiger partial charge in [-0.3, -0.25) is 0 Å². The molecule has 1 aromatic rings. The summed E-state index contributed by atoms with van der Waals surface area (Å²) in [5, 5.41) is 0. The quantitative estimate of drug-likeness (QED) is 0.419. The van der Waals surface area contributed by atoms with E-state index in [0.717, 1.165) is 44.1 Å². The highest BCUT2D eigenvalue weighted by atomic mass is 28.4. The molecule has 4 heteroatoms. The SMILES string of the molecule is CCO[Si](C)(CCCCCCc1cccc(F)c1)OCC. The monoisotopic (exact) mass is 312 g/mol. The minimum atomic E-state index is -1.93. The van der Waals surface area contributed by atoms with Gasteiger partial charge in [-0.1, -0.05) is 31.4 Å². The molecule has 1 aromatic carbocycles. The number of hydrogen-bond donors (Lipinski definition) is 0. The van der Waals surface area contributed by atoms with Crippen LogP contribution in [0.5, 0.6) is 0 Å². The van der Waals surface area contributed by atoms with Gasteiger partial charge in [0.05, 0.1) is 0 Å². The summed E-state index contributed by atoms with van der Waals surface area (Å²) in [7, 11) is -1.93. The fourth-order valence-corrected chi connectivity index (χ4v) is 5.10. The van der Waals surface area contributed by atoms with Crippen molar-refractivity contribution in [3.05, 3.63) is 35.6 Å². The Morgan fingerprint density at radius 3 is 2.29 bits per heavy atom. The second-order valence-corrected chi connectivity index (χ2v) is 8.89. The molecule has 0 unspecified atom stereocenters. The van der Waals surface area contributed by atoms with Gasteiger partial charge in [0.25, 0.3) is 0 Å². The lowest BCUT2D eigenvalue weighted by Gasteiger charge is -2.25. The zero-order chi connectivity index (χ0) is 15.6. The maximum Gasteiger partial charge on any atom is 0.334 e. The Balaban J connectivity index is 2.16. The van der Waals surface area contributed by atoms with Crippen LogP contribution in [-0.4, -0.2) is 21.8 Å². The number of halogens is 1. The fourth-order valence-electron chi connectivity index (χ4n) is 2.62. The zero-order valence-electron chi connectivity index (χ0n) is 13.7. The van der Waals surface area contributed by atoms with Crippen LogP contribution in [-0.2, 0) is 15.3 Å². The number of unbranched alkanes of at least 4 members (excludes halogenated alkanes) is 3. The largest absolute Gasteiger partial charge is 0.395 e. The molecule has 0 aromatic heterocycles. The van der Waals surface area contributed by atoms with Crippen LogP contribution in [0.15, 0.2) is 24.3 Å². The van der Waals surface area contributed by atoms with Crippen molar-refractivity contribution in [3.8, 4) is 0 Å². The Kier molecular flexibility index (Phi) is 8.81. The first-order valence-electron chi connectivity index (χ1n) is 8.12. The molecule has 0 heterocycles. The molecule has 0 radical (unpaired) electrons. The van der Waals surface area contributed by atoms with Crippen LogP contribution in [0.25, 0.3) is 0 Å². The summed E-state index contributed by atoms with van der Waals surface area (Å²) in [4.78, 5) is 0. The van der Waals surface area contributed by atoms with Crippen molar-refractivity contribution in [2.75, 3.05) is 13.2 Å². The first-order chi connectivity index (χ1) is 10.1. The maximum absolute atomic E-state index is 13.1. The second-order valence-electron chi connectivity index (χ2n) is 5.54. The number of hydrogen-bond acceptors (Lipinski definition) is 2. The van der Waals surface area contributed by atoms with E-state index < -0.39 is 8.56 Å². The molecule has 0 amide bonds. The van der Waals surface area contributed by atoms with E-state index in [2.05, 4.69) is 6.55 Å². The lowest BCUT2D eigenvalue weighted by atomic mass is 10.1. The van der Waals surface area contributed by atoms with Crippen molar-refractivity contribution in [3.63, 3.8) is 0 Å². The summed E-state index contributed by atoms with van der Waals surface area (Å²) in [5.74, 6) is -0.136. The van der Waals surface area contributed by atoms with E-state index in [4.69, 9.17) is 8.85 Å². The Bertz CT molecular complexity index is 392. The highest BCUT2D eigenvalue weighted by molar-refractivity contribution is 6.66. The average Bonchev–Trinajstić information content (AvgIpc) is 2.43. The first-order valence-corrected chi connectivity index (χ1v) is 10.6. The third-order valence-corrected chi connectivity index (χ3v) is 6.70. The molecule has 2 nitrogen and oxygen atoms in total. The third kappa shape index (κ3) is 7.74. The smallest absolute Gasteiger partial charge is 0.334 e. The number of rotatable bonds is 11. The molecule has 0 aliphatic carbocycles. The molecule has 0 atom stereocenters. The van der Waals surface area contributed by atoms with Crippen molar-refractivity contribution in [1.29, 1.82) is 0 Å². The average molecular weight is 313 g/mol. The minimum absolute atomic E-state index is 0.136. The van der Waals surface area contributed by atoms with Gasteiger partial charge in [-0.2, -0.15) is 0 Å². The summed E-state index contributed by atoms with van der Waals surface area (Å²) >= 11 is 0. The minimum Gasteiger partial charge on any atom is -0.395 e. The van der Waals surface area contributed by atoms with Crippen LogP contribution >= 0.6 is 0 Å². The highest BCUT2D eigenvalue weighted by Crippen LogP contribution is 2.19. The van der Waals surface area contributed by atoms with E-state index in [1.54, 1.807) is 12.1 Å². The van der Waals surface area contributed by atoms with E-state index >= 15 is 0 Å². The summed E-state index contributed by atoms with van der Waals surface area (Å²) in [6.45, 7) is 7.70. The second kappa shape index (κ2) is 10.1. The molecule has 1 rings (SSSR count). The Morgan fingerprint density at radius 1 is 1.00 bits per heavy atom. The summed E-state index contributed by atoms with van der Waals surface area (Å²) < 4.78 is 24.7. The lowest BCUT2D eigenvalue weighted by Crippen LogP contribution is -2.38. The van der Waals surface area contributed by atoms with E-state index in [9.17, 15) is 4.39 Å². The lowest BCUT2D eigenvalue weighted by molar-refractivity contribution is 0.188. The first kappa shape index (κ1) is 18.3. The van der Waals surface area contributed by atoms with E-state index in [0.29, 0.717) is 0 Å². The molecule has 0 fully saturated rings. The van der Waals surface area contributed by atoms with Crippen LogP contribution in [0.3, 0.4) is 0 Å². The highest BCUT2D eigenvalue weighted by Gasteiger charge is 2.29. The van der Waals surface area contributed by atoms with Gasteiger partial charge in [-0.25, -0.2) is 4.39 Å². The van der Waals surface area contributed by atoms with Gasteiger partial charge in [0.15, 0.2) is 0 Å². The van der Waals surface area contributed by atoms with Crippen LogP contribution in [0, 0.1) is 5.82 Å². The van der Waals surface area contributed by atoms with E-state index in [-0.39, 0.29) is 5.82 Å². The summed E-state index contributed by atoms with van der Waals surface area (Å²) in [5.41, 5.74) is 1.10. The molecule has 0 N–H and O–H groups in total. The van der Waals surface area contributed by atoms with Crippen molar-refractivity contribution < 1.29 is 13.2 Å². The molecule has 21 heavy (non-hydrogen) atoms. The molecule has 0 aliphatic heterocycles. The molecule has 0 spiro atoms. The van der Waals surface area contributed by atoms with Gasteiger partial charge < -0.3 is 8.85 Å². The number of benzene rings is 1. The summed E-state index contributed by atoms with van der Waals surface area (Å²) in [6.07, 6.45) is 5.61. The van der Waals surface area contributed by atoms with Crippen LogP contribution in [0.4, 0.5) is 4.39 Å². The van der Waals surface area contributed by atoms with Gasteiger partial charge >= 0.3 is 8.56 Å². The Hall–Kier alpha value is -0.713. The topological polar surface area (TPSA) is 18.5 Å². The normalized spacial score (nSPS) is 11.8. The predicted molar refractivity (Wildman–Crippen MR) is 88.2 cm³/mol. The zero-order valence-corrected chi connectivity index (χ0v) is 14.7. The van der Waals surface area contributed by atoms with Gasteiger partial charge in [0, 0.05) is 13.2 Å². The van der Waals surface area contributed by atoms with E-state index in [1.807, 2.05) is 19.9 Å². The molecule has 0 saturated heterocycles. The van der Waals surface area contributed by atoms with Crippen LogP contribution in [0.2, 0.25) is 12.6 Å². The van der Waals surface area contributed by atoms with Crippen LogP contribution in [0.1, 0.15) is 45.1 Å². The Morgan fingerprint density at radius 2 is 1.67 bits per heavy atom. The van der Waals surface area contributed by atoms with Gasteiger partial charge in [-0.05, 0) is 57.0 Å². The maximum atomic E-state index is 13.1. The van der Waals surface area contributed by atoms with Gasteiger partial charge in [0.2, 0.25) is 0 Å². The molecular weight excluding hydrogens is 283 g/mol. The van der Waals surface area contributed by atoms with Gasteiger partial charge in [0.1, 0.15) is 5.82 Å². The van der Waals surface area contributed by atoms with Crippen molar-refractivity contribution in [2.24, 2.45) is 0 Å². The molecule has 0 aliphatic rings. The van der Waals surface area contributed by atoms with Crippen LogP contribution < -0.4 is 0 Å². The molecule has 0 saturated carbocycles. The van der Waals surface area contributed by atoms with Crippen molar-refractivity contribution in [2.45, 2.75) is 58.5 Å². The Labute approximate surface area is 129 Å².